The summed E-state index contributed by atoms with van der Waals surface area (Å²) in [7, 11) is 0. The summed E-state index contributed by atoms with van der Waals surface area (Å²) in [5, 5.41) is 15.0. The number of tetrazole rings is 1. The highest BCUT2D eigenvalue weighted by molar-refractivity contribution is 9.10. The lowest BCUT2D eigenvalue weighted by Gasteiger charge is -2.14. The quantitative estimate of drug-likeness (QED) is 0.716. The maximum absolute atomic E-state index is 12.5. The van der Waals surface area contributed by atoms with Gasteiger partial charge in [-0.1, -0.05) is 17.8 Å². The number of ether oxygens (including phenoxy) is 1. The Kier molecular flexibility index (Phi) is 6.08. The molecule has 1 saturated heterocycles. The summed E-state index contributed by atoms with van der Waals surface area (Å²) in [4.78, 5) is 12.5. The van der Waals surface area contributed by atoms with Crippen LogP contribution in [0, 0.1) is 6.92 Å². The molecule has 2 heterocycles. The highest BCUT2D eigenvalue weighted by Crippen LogP contribution is 2.26. The number of benzene rings is 1. The maximum atomic E-state index is 12.5. The van der Waals surface area contributed by atoms with Gasteiger partial charge < -0.3 is 10.1 Å². The molecule has 1 aliphatic heterocycles. The number of rotatable bonds is 6. The first kappa shape index (κ1) is 18.3. The van der Waals surface area contributed by atoms with Crippen LogP contribution in [0.3, 0.4) is 0 Å². The van der Waals surface area contributed by atoms with Gasteiger partial charge in [-0.15, -0.1) is 5.10 Å². The van der Waals surface area contributed by atoms with Crippen LogP contribution in [-0.4, -0.2) is 44.1 Å². The van der Waals surface area contributed by atoms with Gasteiger partial charge >= 0.3 is 0 Å². The molecule has 0 spiro atoms. The van der Waals surface area contributed by atoms with Gasteiger partial charge in [0.1, 0.15) is 0 Å². The minimum absolute atomic E-state index is 0.0961. The largest absolute Gasteiger partial charge is 0.376 e. The van der Waals surface area contributed by atoms with E-state index in [4.69, 9.17) is 4.74 Å². The van der Waals surface area contributed by atoms with E-state index >= 15 is 0 Å². The minimum atomic E-state index is -0.331. The van der Waals surface area contributed by atoms with E-state index in [1.807, 2.05) is 32.0 Å². The normalized spacial score (nSPS) is 18.3. The average Bonchev–Trinajstić information content (AvgIpc) is 3.23. The molecule has 1 aromatic carbocycles. The van der Waals surface area contributed by atoms with Crippen molar-refractivity contribution < 1.29 is 9.53 Å². The summed E-state index contributed by atoms with van der Waals surface area (Å²) in [6.07, 6.45) is 2.23. The van der Waals surface area contributed by atoms with Gasteiger partial charge in [0.05, 0.1) is 23.6 Å². The predicted molar refractivity (Wildman–Crippen MR) is 99.6 cm³/mol. The second-order valence-electron chi connectivity index (χ2n) is 6.01. The number of halogens is 1. The zero-order valence-electron chi connectivity index (χ0n) is 14.1. The van der Waals surface area contributed by atoms with Crippen molar-refractivity contribution in [2.24, 2.45) is 0 Å². The Morgan fingerprint density at radius 2 is 2.40 bits per heavy atom. The third kappa shape index (κ3) is 4.80. The van der Waals surface area contributed by atoms with E-state index in [1.54, 1.807) is 4.68 Å². The van der Waals surface area contributed by atoms with Crippen LogP contribution >= 0.6 is 27.7 Å². The lowest BCUT2D eigenvalue weighted by molar-refractivity contribution is -0.115. The summed E-state index contributed by atoms with van der Waals surface area (Å²) in [5.41, 5.74) is 1.88. The minimum Gasteiger partial charge on any atom is -0.376 e. The van der Waals surface area contributed by atoms with Crippen molar-refractivity contribution >= 4 is 39.3 Å². The predicted octanol–water partition coefficient (Wildman–Crippen LogP) is 3.04. The van der Waals surface area contributed by atoms with Gasteiger partial charge in [0.25, 0.3) is 0 Å². The standard InChI is InChI=1S/C16H20BrN5O2S/c1-10-5-6-14(13(17)8-10)18-15(23)11(2)25-16-19-20-21-22(16)9-12-4-3-7-24-12/h5-6,8,11-12H,3-4,7,9H2,1-2H3,(H,18,23)/t11-,12+/m1/s1. The molecule has 1 fully saturated rings. The van der Waals surface area contributed by atoms with Gasteiger partial charge in [0.2, 0.25) is 11.1 Å². The second kappa shape index (κ2) is 8.29. The van der Waals surface area contributed by atoms with Crippen molar-refractivity contribution in [2.75, 3.05) is 11.9 Å². The third-order valence-corrected chi connectivity index (χ3v) is 5.66. The molecule has 0 saturated carbocycles. The van der Waals surface area contributed by atoms with E-state index in [2.05, 4.69) is 36.8 Å². The molecule has 134 valence electrons. The zero-order chi connectivity index (χ0) is 17.8. The fraction of sp³-hybridized carbons (Fsp3) is 0.500. The molecule has 1 N–H and O–H groups in total. The monoisotopic (exact) mass is 425 g/mol. The highest BCUT2D eigenvalue weighted by Gasteiger charge is 2.22. The van der Waals surface area contributed by atoms with Crippen molar-refractivity contribution in [3.8, 4) is 0 Å². The lowest BCUT2D eigenvalue weighted by Crippen LogP contribution is -2.24. The van der Waals surface area contributed by atoms with Gasteiger partial charge in [0, 0.05) is 11.1 Å². The Morgan fingerprint density at radius 3 is 3.12 bits per heavy atom. The van der Waals surface area contributed by atoms with Gasteiger partial charge in [-0.2, -0.15) is 0 Å². The van der Waals surface area contributed by atoms with Gasteiger partial charge in [0.15, 0.2) is 0 Å². The topological polar surface area (TPSA) is 81.9 Å². The molecule has 0 aliphatic carbocycles. The summed E-state index contributed by atoms with van der Waals surface area (Å²) < 4.78 is 8.20. The van der Waals surface area contributed by atoms with E-state index in [1.165, 1.54) is 11.8 Å². The van der Waals surface area contributed by atoms with E-state index in [-0.39, 0.29) is 17.3 Å². The molecule has 25 heavy (non-hydrogen) atoms. The van der Waals surface area contributed by atoms with Crippen LogP contribution in [0.5, 0.6) is 0 Å². The number of amides is 1. The van der Waals surface area contributed by atoms with Gasteiger partial charge in [-0.3, -0.25) is 4.79 Å². The van der Waals surface area contributed by atoms with Crippen LogP contribution in [0.4, 0.5) is 5.69 Å². The van der Waals surface area contributed by atoms with Crippen molar-refractivity contribution in [3.63, 3.8) is 0 Å². The van der Waals surface area contributed by atoms with Gasteiger partial charge in [-0.05, 0) is 70.7 Å². The molecule has 3 rings (SSSR count). The van der Waals surface area contributed by atoms with Crippen molar-refractivity contribution in [1.29, 1.82) is 0 Å². The highest BCUT2D eigenvalue weighted by atomic mass is 79.9. The molecule has 7 nitrogen and oxygen atoms in total. The number of carbonyl (C=O) groups is 1. The maximum Gasteiger partial charge on any atom is 0.237 e. The average molecular weight is 426 g/mol. The molecule has 0 unspecified atom stereocenters. The second-order valence-corrected chi connectivity index (χ2v) is 8.17. The lowest BCUT2D eigenvalue weighted by atomic mass is 10.2. The SMILES string of the molecule is Cc1ccc(NC(=O)[C@@H](C)Sc2nnnn2C[C@@H]2CCCO2)c(Br)c1. The molecule has 1 aliphatic rings. The molecule has 1 amide bonds. The Hall–Kier alpha value is -1.45. The number of carbonyl (C=O) groups excluding carboxylic acids is 1. The third-order valence-electron chi connectivity index (χ3n) is 3.93. The summed E-state index contributed by atoms with van der Waals surface area (Å²) in [6.45, 7) is 5.25. The molecular formula is C16H20BrN5O2S. The smallest absolute Gasteiger partial charge is 0.237 e. The number of thioether (sulfide) groups is 1. The number of anilines is 1. The fourth-order valence-corrected chi connectivity index (χ4v) is 3.94. The fourth-order valence-electron chi connectivity index (χ4n) is 2.54. The van der Waals surface area contributed by atoms with E-state index < -0.39 is 0 Å². The molecule has 9 heteroatoms. The molecule has 1 aromatic heterocycles. The van der Waals surface area contributed by atoms with Gasteiger partial charge in [-0.25, -0.2) is 4.68 Å². The van der Waals surface area contributed by atoms with Crippen molar-refractivity contribution in [2.45, 2.75) is 49.7 Å². The van der Waals surface area contributed by atoms with Crippen molar-refractivity contribution in [1.82, 2.24) is 20.2 Å². The first-order valence-electron chi connectivity index (χ1n) is 8.14. The molecule has 0 radical (unpaired) electrons. The van der Waals surface area contributed by atoms with Crippen LogP contribution in [0.1, 0.15) is 25.3 Å². The Balaban J connectivity index is 1.60. The van der Waals surface area contributed by atoms with E-state index in [9.17, 15) is 4.79 Å². The molecule has 2 aromatic rings. The number of nitrogens with one attached hydrogen (secondary N) is 1. The number of aryl methyl sites for hydroxylation is 1. The summed E-state index contributed by atoms with van der Waals surface area (Å²) in [6, 6.07) is 5.81. The first-order chi connectivity index (χ1) is 12.0. The molecule has 2 atom stereocenters. The van der Waals surface area contributed by atoms with Crippen LogP contribution in [0.15, 0.2) is 27.8 Å². The van der Waals surface area contributed by atoms with Crippen molar-refractivity contribution in [3.05, 3.63) is 28.2 Å². The Bertz CT molecular complexity index is 748. The molecule has 0 bridgehead atoms. The Morgan fingerprint density at radius 1 is 1.56 bits per heavy atom. The van der Waals surface area contributed by atoms with E-state index in [0.717, 1.165) is 35.2 Å². The van der Waals surface area contributed by atoms with Crippen LogP contribution in [0.2, 0.25) is 0 Å². The number of nitrogens with zero attached hydrogens (tertiary/aromatic N) is 4. The van der Waals surface area contributed by atoms with Crippen LogP contribution < -0.4 is 5.32 Å². The summed E-state index contributed by atoms with van der Waals surface area (Å²) >= 11 is 4.81. The summed E-state index contributed by atoms with van der Waals surface area (Å²) in [5.74, 6) is -0.0961. The molecular weight excluding hydrogens is 406 g/mol. The number of hydrogen-bond acceptors (Lipinski definition) is 6. The Labute approximate surface area is 159 Å². The number of aromatic nitrogens is 4. The zero-order valence-corrected chi connectivity index (χ0v) is 16.5. The van der Waals surface area contributed by atoms with Crippen LogP contribution in [0.25, 0.3) is 0 Å². The first-order valence-corrected chi connectivity index (χ1v) is 9.81. The number of hydrogen-bond donors (Lipinski definition) is 1. The van der Waals surface area contributed by atoms with Crippen LogP contribution in [-0.2, 0) is 16.1 Å². The van der Waals surface area contributed by atoms with E-state index in [0.29, 0.717) is 11.7 Å².